The molecule has 0 radical (unpaired) electrons. The summed E-state index contributed by atoms with van der Waals surface area (Å²) >= 11 is 0. The lowest BCUT2D eigenvalue weighted by molar-refractivity contribution is -0.138. The summed E-state index contributed by atoms with van der Waals surface area (Å²) in [6.45, 7) is 9.05. The second-order valence-electron chi connectivity index (χ2n) is 9.40. The molecule has 2 aliphatic rings. The fourth-order valence-corrected chi connectivity index (χ4v) is 4.94. The lowest BCUT2D eigenvalue weighted by Gasteiger charge is -2.36. The fraction of sp³-hybridized carbons (Fsp3) is 0.593. The molecule has 3 rings (SSSR count). The van der Waals surface area contributed by atoms with Crippen molar-refractivity contribution in [2.75, 3.05) is 39.3 Å². The summed E-state index contributed by atoms with van der Waals surface area (Å²) in [5.74, 6) is -0.848. The van der Waals surface area contributed by atoms with Crippen LogP contribution in [-0.2, 0) is 25.6 Å². The number of nitrogens with one attached hydrogen (secondary N) is 1. The Morgan fingerprint density at radius 3 is 2.58 bits per heavy atom. The van der Waals surface area contributed by atoms with Gasteiger partial charge in [0.1, 0.15) is 0 Å². The molecule has 36 heavy (non-hydrogen) atoms. The van der Waals surface area contributed by atoms with Crippen LogP contribution in [0.5, 0.6) is 0 Å². The summed E-state index contributed by atoms with van der Waals surface area (Å²) < 4.78 is 0. The van der Waals surface area contributed by atoms with Gasteiger partial charge < -0.3 is 20.0 Å². The number of amides is 4. The summed E-state index contributed by atoms with van der Waals surface area (Å²) in [5, 5.41) is 2.89. The zero-order chi connectivity index (χ0) is 26.1. The number of pyridine rings is 1. The van der Waals surface area contributed by atoms with Gasteiger partial charge in [-0.05, 0) is 52.2 Å². The first-order chi connectivity index (χ1) is 17.3. The number of nitrogens with zero attached hydrogens (tertiary/aromatic N) is 4. The number of hydrogen-bond donors (Lipinski definition) is 1. The van der Waals surface area contributed by atoms with Crippen LogP contribution in [0.15, 0.2) is 35.7 Å². The maximum absolute atomic E-state index is 13.4. The van der Waals surface area contributed by atoms with E-state index in [0.717, 1.165) is 18.7 Å². The first kappa shape index (κ1) is 27.4. The largest absolute Gasteiger partial charge is 0.356 e. The van der Waals surface area contributed by atoms with E-state index in [1.807, 2.05) is 43.9 Å². The zero-order valence-corrected chi connectivity index (χ0v) is 21.8. The Balaban J connectivity index is 1.67. The molecule has 1 aromatic heterocycles. The van der Waals surface area contributed by atoms with Gasteiger partial charge in [-0.3, -0.25) is 24.2 Å². The molecule has 1 aromatic rings. The van der Waals surface area contributed by atoms with Crippen molar-refractivity contribution in [1.82, 2.24) is 25.0 Å². The summed E-state index contributed by atoms with van der Waals surface area (Å²) in [4.78, 5) is 60.9. The topological polar surface area (TPSA) is 103 Å². The number of allylic oxidation sites excluding steroid dienone is 1. The molecule has 1 N–H and O–H groups in total. The SMILES string of the molecule is CCN(CC)C(=O)C1=C(C)N(CCCN2CCCC2=O)C(=O)C(CC(=O)NCCc2ccccn2)C1. The molecule has 9 nitrogen and oxygen atoms in total. The maximum Gasteiger partial charge on any atom is 0.251 e. The lowest BCUT2D eigenvalue weighted by Crippen LogP contribution is -2.45. The molecule has 9 heteroatoms. The Morgan fingerprint density at radius 2 is 1.94 bits per heavy atom. The standard InChI is InChI=1S/C27H39N5O4/c1-4-30(5-2)27(36)23-18-21(19-24(33)29-14-12-22-10-6-7-13-28-22)26(35)32(20(23)3)17-9-16-31-15-8-11-25(31)34/h6-7,10,13,21H,4-5,8-9,11-12,14-19H2,1-3H3,(H,29,33). The number of likely N-dealkylation sites (tertiary alicyclic amines) is 1. The van der Waals surface area contributed by atoms with E-state index >= 15 is 0 Å². The molecule has 1 atom stereocenters. The first-order valence-electron chi connectivity index (χ1n) is 13.1. The molecule has 0 bridgehead atoms. The van der Waals surface area contributed by atoms with Gasteiger partial charge in [0, 0.05) is 81.7 Å². The number of carbonyl (C=O) groups is 4. The van der Waals surface area contributed by atoms with Crippen LogP contribution < -0.4 is 5.32 Å². The second-order valence-corrected chi connectivity index (χ2v) is 9.40. The van der Waals surface area contributed by atoms with Gasteiger partial charge in [0.25, 0.3) is 5.91 Å². The summed E-state index contributed by atoms with van der Waals surface area (Å²) in [6.07, 6.45) is 4.71. The van der Waals surface area contributed by atoms with Crippen LogP contribution in [0.2, 0.25) is 0 Å². The Hall–Kier alpha value is -3.23. The summed E-state index contributed by atoms with van der Waals surface area (Å²) in [6, 6.07) is 5.66. The molecule has 0 aromatic carbocycles. The van der Waals surface area contributed by atoms with E-state index in [9.17, 15) is 19.2 Å². The third kappa shape index (κ3) is 6.92. The minimum absolute atomic E-state index is 0.0322. The van der Waals surface area contributed by atoms with Gasteiger partial charge in [0.15, 0.2) is 0 Å². The molecule has 4 amide bonds. The van der Waals surface area contributed by atoms with Gasteiger partial charge in [-0.2, -0.15) is 0 Å². The van der Waals surface area contributed by atoms with E-state index in [0.29, 0.717) is 63.3 Å². The van der Waals surface area contributed by atoms with Crippen molar-refractivity contribution < 1.29 is 19.2 Å². The molecule has 0 spiro atoms. The Morgan fingerprint density at radius 1 is 1.17 bits per heavy atom. The monoisotopic (exact) mass is 497 g/mol. The highest BCUT2D eigenvalue weighted by Crippen LogP contribution is 2.31. The Kier molecular flexibility index (Phi) is 10.0. The zero-order valence-electron chi connectivity index (χ0n) is 21.8. The molecular weight excluding hydrogens is 458 g/mol. The van der Waals surface area contributed by atoms with E-state index in [1.54, 1.807) is 16.0 Å². The quantitative estimate of drug-likeness (QED) is 0.477. The van der Waals surface area contributed by atoms with E-state index in [1.165, 1.54) is 0 Å². The fourth-order valence-electron chi connectivity index (χ4n) is 4.94. The summed E-state index contributed by atoms with van der Waals surface area (Å²) in [7, 11) is 0. The van der Waals surface area contributed by atoms with Crippen LogP contribution in [0.3, 0.4) is 0 Å². The van der Waals surface area contributed by atoms with Crippen LogP contribution in [0.25, 0.3) is 0 Å². The van der Waals surface area contributed by atoms with Crippen LogP contribution >= 0.6 is 0 Å². The Labute approximate surface area is 213 Å². The molecule has 2 aliphatic heterocycles. The van der Waals surface area contributed by atoms with Crippen molar-refractivity contribution in [3.8, 4) is 0 Å². The van der Waals surface area contributed by atoms with Gasteiger partial charge >= 0.3 is 0 Å². The predicted molar refractivity (Wildman–Crippen MR) is 136 cm³/mol. The molecule has 196 valence electrons. The molecule has 1 fully saturated rings. The van der Waals surface area contributed by atoms with Crippen molar-refractivity contribution in [1.29, 1.82) is 0 Å². The molecule has 0 saturated carbocycles. The third-order valence-corrected chi connectivity index (χ3v) is 7.06. The highest BCUT2D eigenvalue weighted by Gasteiger charge is 2.37. The number of likely N-dealkylation sites (N-methyl/N-ethyl adjacent to an activating group) is 1. The van der Waals surface area contributed by atoms with E-state index in [4.69, 9.17) is 0 Å². The number of hydrogen-bond acceptors (Lipinski definition) is 5. The number of aromatic nitrogens is 1. The maximum atomic E-state index is 13.4. The average molecular weight is 498 g/mol. The second kappa shape index (κ2) is 13.2. The van der Waals surface area contributed by atoms with Crippen molar-refractivity contribution >= 4 is 23.6 Å². The lowest BCUT2D eigenvalue weighted by atomic mass is 9.88. The van der Waals surface area contributed by atoms with E-state index in [2.05, 4.69) is 10.3 Å². The smallest absolute Gasteiger partial charge is 0.251 e. The van der Waals surface area contributed by atoms with E-state index in [-0.39, 0.29) is 36.5 Å². The van der Waals surface area contributed by atoms with Gasteiger partial charge in [0.05, 0.1) is 5.92 Å². The Bertz CT molecular complexity index is 974. The van der Waals surface area contributed by atoms with Crippen molar-refractivity contribution in [3.63, 3.8) is 0 Å². The van der Waals surface area contributed by atoms with Crippen LogP contribution in [-0.4, -0.2) is 82.6 Å². The highest BCUT2D eigenvalue weighted by atomic mass is 16.2. The summed E-state index contributed by atoms with van der Waals surface area (Å²) in [5.41, 5.74) is 2.15. The van der Waals surface area contributed by atoms with Gasteiger partial charge in [-0.25, -0.2) is 0 Å². The molecule has 1 saturated heterocycles. The van der Waals surface area contributed by atoms with Crippen molar-refractivity contribution in [2.24, 2.45) is 5.92 Å². The molecule has 3 heterocycles. The average Bonchev–Trinajstić information content (AvgIpc) is 3.28. The molecule has 0 aliphatic carbocycles. The predicted octanol–water partition coefficient (Wildman–Crippen LogP) is 2.13. The van der Waals surface area contributed by atoms with E-state index < -0.39 is 5.92 Å². The van der Waals surface area contributed by atoms with Crippen molar-refractivity contribution in [2.45, 2.75) is 59.3 Å². The number of carbonyl (C=O) groups excluding carboxylic acids is 4. The minimum atomic E-state index is -0.591. The molecular formula is C27H39N5O4. The normalized spacial score (nSPS) is 18.1. The highest BCUT2D eigenvalue weighted by molar-refractivity contribution is 5.98. The van der Waals surface area contributed by atoms with Gasteiger partial charge in [0.2, 0.25) is 17.7 Å². The minimum Gasteiger partial charge on any atom is -0.356 e. The first-order valence-corrected chi connectivity index (χ1v) is 13.1. The van der Waals surface area contributed by atoms with Crippen molar-refractivity contribution in [3.05, 3.63) is 41.4 Å². The van der Waals surface area contributed by atoms with Crippen LogP contribution in [0.4, 0.5) is 0 Å². The van der Waals surface area contributed by atoms with Crippen LogP contribution in [0, 0.1) is 5.92 Å². The number of rotatable bonds is 12. The van der Waals surface area contributed by atoms with Gasteiger partial charge in [-0.1, -0.05) is 6.07 Å². The van der Waals surface area contributed by atoms with Crippen LogP contribution in [0.1, 0.15) is 58.6 Å². The van der Waals surface area contributed by atoms with Gasteiger partial charge in [-0.15, -0.1) is 0 Å². The molecule has 1 unspecified atom stereocenters. The third-order valence-electron chi connectivity index (χ3n) is 7.06.